The monoisotopic (exact) mass is 159 g/mol. The van der Waals surface area contributed by atoms with Crippen molar-refractivity contribution in [2.24, 2.45) is 0 Å². The quantitative estimate of drug-likeness (QED) is 0.433. The van der Waals surface area contributed by atoms with Gasteiger partial charge in [0.05, 0.1) is 0 Å². The van der Waals surface area contributed by atoms with Crippen LogP contribution < -0.4 is 0 Å². The molecule has 0 rings (SSSR count). The number of hydrogen-bond donors (Lipinski definition) is 0. The van der Waals surface area contributed by atoms with Crippen LogP contribution in [-0.2, 0) is 33.3 Å². The Labute approximate surface area is 34.3 Å². The van der Waals surface area contributed by atoms with E-state index in [4.69, 9.17) is 23.0 Å². The summed E-state index contributed by atoms with van der Waals surface area (Å²) in [5.74, 6) is 0. The number of rotatable bonds is 0. The zero-order valence-electron chi connectivity index (χ0n) is 2.75. The summed E-state index contributed by atoms with van der Waals surface area (Å²) in [5.41, 5.74) is 0. The molecule has 7 heteroatoms. The van der Waals surface area contributed by atoms with Crippen LogP contribution in [0.3, 0.4) is 0 Å². The SMILES string of the molecule is [O]=[Cu](=[O])(=[O])(=[O])(=[O])=[O]. The molecular weight excluding hydrogens is 160 g/mol. The first-order valence-electron chi connectivity index (χ1n) is 0.739. The Morgan fingerprint density at radius 1 is 0.571 bits per heavy atom. The zero-order valence-corrected chi connectivity index (χ0v) is 3.69. The molecular formula is CuO6. The van der Waals surface area contributed by atoms with E-state index in [0.29, 0.717) is 0 Å². The normalized spacial score (nSPS) is 22.3. The van der Waals surface area contributed by atoms with Gasteiger partial charge < -0.3 is 0 Å². The summed E-state index contributed by atoms with van der Waals surface area (Å²) in [4.78, 5) is 0. The third kappa shape index (κ3) is 127. The minimum atomic E-state index is -8.94. The van der Waals surface area contributed by atoms with Crippen LogP contribution in [0.5, 0.6) is 0 Å². The summed E-state index contributed by atoms with van der Waals surface area (Å²) < 4.78 is 51.6. The molecule has 0 aliphatic rings. The molecule has 0 saturated heterocycles. The van der Waals surface area contributed by atoms with Gasteiger partial charge in [-0.2, -0.15) is 0 Å². The molecule has 47 valence electrons. The van der Waals surface area contributed by atoms with Crippen molar-refractivity contribution in [2.45, 2.75) is 0 Å². The Bertz CT molecular complexity index is 432. The summed E-state index contributed by atoms with van der Waals surface area (Å²) in [5, 5.41) is 0. The van der Waals surface area contributed by atoms with Crippen LogP contribution in [0.25, 0.3) is 0 Å². The summed E-state index contributed by atoms with van der Waals surface area (Å²) in [6.07, 6.45) is 0. The summed E-state index contributed by atoms with van der Waals surface area (Å²) >= 11 is 0. The Morgan fingerprint density at radius 2 is 0.571 bits per heavy atom. The molecule has 0 aromatic carbocycles. The predicted octanol–water partition coefficient (Wildman–Crippen LogP) is -0.715. The van der Waals surface area contributed by atoms with E-state index >= 15 is 0 Å². The van der Waals surface area contributed by atoms with Crippen LogP contribution in [0.1, 0.15) is 0 Å². The second-order valence-electron chi connectivity index (χ2n) is 0.754. The van der Waals surface area contributed by atoms with Gasteiger partial charge in [-0.3, -0.25) is 0 Å². The third-order valence-electron chi connectivity index (χ3n) is 0. The van der Waals surface area contributed by atoms with E-state index in [1.165, 1.54) is 0 Å². The first-order valence-corrected chi connectivity index (χ1v) is 3.05. The predicted molar refractivity (Wildman–Crippen MR) is 4.12 cm³/mol. The third-order valence-corrected chi connectivity index (χ3v) is 0. The second kappa shape index (κ2) is 0.484. The fourth-order valence-electron chi connectivity index (χ4n) is 0. The Balaban J connectivity index is 8.86. The molecule has 0 saturated carbocycles. The average Bonchev–Trinajstić information content (AvgIpc) is 0.592. The van der Waals surface area contributed by atoms with Gasteiger partial charge in [0.2, 0.25) is 0 Å². The maximum absolute atomic E-state index is 8.94. The molecule has 0 aromatic heterocycles. The van der Waals surface area contributed by atoms with Crippen molar-refractivity contribution in [1.82, 2.24) is 0 Å². The molecule has 0 N–H and O–H groups in total. The van der Waals surface area contributed by atoms with Crippen molar-refractivity contribution in [1.29, 1.82) is 0 Å². The van der Waals surface area contributed by atoms with Crippen molar-refractivity contribution in [2.75, 3.05) is 0 Å². The molecule has 6 nitrogen and oxygen atoms in total. The van der Waals surface area contributed by atoms with E-state index in [9.17, 15) is 0 Å². The zero-order chi connectivity index (χ0) is 6.41. The molecule has 0 aliphatic heterocycles. The fourth-order valence-corrected chi connectivity index (χ4v) is 0. The summed E-state index contributed by atoms with van der Waals surface area (Å²) in [6, 6.07) is 0. The van der Waals surface area contributed by atoms with Crippen LogP contribution in [0.15, 0.2) is 0 Å². The van der Waals surface area contributed by atoms with Crippen molar-refractivity contribution in [3.63, 3.8) is 0 Å². The fraction of sp³-hybridized carbons (Fsp3) is 0. The summed E-state index contributed by atoms with van der Waals surface area (Å²) in [7, 11) is -8.94. The van der Waals surface area contributed by atoms with Crippen molar-refractivity contribution < 1.29 is 33.3 Å². The first-order chi connectivity index (χ1) is 2.45. The van der Waals surface area contributed by atoms with Crippen LogP contribution >= 0.6 is 0 Å². The molecule has 0 aromatic rings. The Kier molecular flexibility index (Phi) is 0.437. The van der Waals surface area contributed by atoms with Gasteiger partial charge in [0.1, 0.15) is 0 Å². The van der Waals surface area contributed by atoms with E-state index in [2.05, 4.69) is 0 Å². The molecule has 7 heavy (non-hydrogen) atoms. The van der Waals surface area contributed by atoms with Crippen LogP contribution in [-0.4, -0.2) is 0 Å². The van der Waals surface area contributed by atoms with Gasteiger partial charge in [0.15, 0.2) is 0 Å². The van der Waals surface area contributed by atoms with Crippen LogP contribution in [0.2, 0.25) is 0 Å². The van der Waals surface area contributed by atoms with E-state index in [0.717, 1.165) is 0 Å². The van der Waals surface area contributed by atoms with Gasteiger partial charge in [-0.15, -0.1) is 0 Å². The molecule has 0 fully saturated rings. The first kappa shape index (κ1) is 6.32. The molecule has 0 spiro atoms. The Hall–Kier alpha value is -0.681. The van der Waals surface area contributed by atoms with Crippen LogP contribution in [0.4, 0.5) is 0 Å². The van der Waals surface area contributed by atoms with E-state index in [1.54, 1.807) is 0 Å². The maximum atomic E-state index is 8.59. The molecule has 0 radical (unpaired) electrons. The van der Waals surface area contributed by atoms with Gasteiger partial charge in [-0.25, -0.2) is 0 Å². The van der Waals surface area contributed by atoms with Gasteiger partial charge >= 0.3 is 33.3 Å². The molecule has 0 unspecified atom stereocenters. The molecule has 0 bridgehead atoms. The molecule has 0 amide bonds. The van der Waals surface area contributed by atoms with Gasteiger partial charge in [0, 0.05) is 0 Å². The topological polar surface area (TPSA) is 102 Å². The molecule has 0 aliphatic carbocycles. The molecule has 0 heterocycles. The molecule has 0 atom stereocenters. The van der Waals surface area contributed by atoms with Gasteiger partial charge in [-0.1, -0.05) is 0 Å². The number of hydrogen-bond acceptors (Lipinski definition) is 6. The van der Waals surface area contributed by atoms with E-state index in [1.807, 2.05) is 0 Å². The standard InChI is InChI=1S/Cu.6O. The van der Waals surface area contributed by atoms with Gasteiger partial charge in [0.25, 0.3) is 0 Å². The summed E-state index contributed by atoms with van der Waals surface area (Å²) in [6.45, 7) is 0. The van der Waals surface area contributed by atoms with E-state index in [-0.39, 0.29) is 0 Å². The van der Waals surface area contributed by atoms with Crippen molar-refractivity contribution in [3.05, 3.63) is 0 Å². The van der Waals surface area contributed by atoms with Gasteiger partial charge in [-0.05, 0) is 0 Å². The minimum absolute atomic E-state index is 8.59. The second-order valence-corrected chi connectivity index (χ2v) is 3.11. The van der Waals surface area contributed by atoms with Crippen molar-refractivity contribution >= 4 is 0 Å². The van der Waals surface area contributed by atoms with Crippen molar-refractivity contribution in [3.8, 4) is 0 Å². The van der Waals surface area contributed by atoms with Crippen LogP contribution in [0, 0.1) is 0 Å². The van der Waals surface area contributed by atoms with E-state index < -0.39 is 10.3 Å². The average molecular weight is 160 g/mol. The Morgan fingerprint density at radius 3 is 0.571 bits per heavy atom.